The highest BCUT2D eigenvalue weighted by Crippen LogP contribution is 2.33. The third kappa shape index (κ3) is 8.86. The van der Waals surface area contributed by atoms with Crippen LogP contribution in [0.15, 0.2) is 59.5 Å². The summed E-state index contributed by atoms with van der Waals surface area (Å²) in [6.45, 7) is 9.38. The molecule has 206 valence electrons. The molecule has 2 aromatic carbocycles. The van der Waals surface area contributed by atoms with Crippen LogP contribution < -0.4 is 20.6 Å². The number of halogens is 1. The summed E-state index contributed by atoms with van der Waals surface area (Å²) < 4.78 is 48.5. The summed E-state index contributed by atoms with van der Waals surface area (Å²) in [6, 6.07) is 12.0. The van der Waals surface area contributed by atoms with Crippen LogP contribution in [0, 0.1) is 12.7 Å². The molecule has 0 aliphatic carbocycles. The van der Waals surface area contributed by atoms with Gasteiger partial charge in [-0.25, -0.2) is 14.7 Å². The lowest BCUT2D eigenvalue weighted by Gasteiger charge is -2.27. The molecule has 12 heteroatoms. The minimum Gasteiger partial charge on any atom is -0.598 e. The summed E-state index contributed by atoms with van der Waals surface area (Å²) in [7, 11) is -2.02. The topological polar surface area (TPSA) is 160 Å². The van der Waals surface area contributed by atoms with Gasteiger partial charge in [-0.15, -0.1) is 4.72 Å². The number of ketones is 1. The van der Waals surface area contributed by atoms with Crippen molar-refractivity contribution in [3.05, 3.63) is 93.2 Å². The standard InChI is InChI=1S/C26H29FN2O3S.H4N2O2S/c1-16-7-12-20(25(31)18-8-10-19(27)11-9-18)22(13-16)23-15-29(6)24(30)14-21(23)17(2)28-33(32)26(3,4)5;1-5(2,3)4/h7-15,17,28H,1-6H3;(H4,1,2,3,4)/t17-,33?;/m0./s1. The maximum absolute atomic E-state index is 13.4. The van der Waals surface area contributed by atoms with Crippen molar-refractivity contribution >= 4 is 27.4 Å². The third-order valence-corrected chi connectivity index (χ3v) is 7.06. The molecule has 0 aliphatic heterocycles. The van der Waals surface area contributed by atoms with Crippen molar-refractivity contribution in [3.8, 4) is 11.1 Å². The van der Waals surface area contributed by atoms with E-state index >= 15 is 0 Å². The zero-order chi connectivity index (χ0) is 29.0. The lowest BCUT2D eigenvalue weighted by molar-refractivity contribution is 0.103. The Morgan fingerprint density at radius 2 is 1.63 bits per heavy atom. The van der Waals surface area contributed by atoms with Crippen molar-refractivity contribution in [2.45, 2.75) is 45.4 Å². The Morgan fingerprint density at radius 1 is 1.08 bits per heavy atom. The minimum atomic E-state index is -3.67. The number of aromatic nitrogens is 1. The summed E-state index contributed by atoms with van der Waals surface area (Å²) in [4.78, 5) is 25.9. The Morgan fingerprint density at radius 3 is 2.16 bits per heavy atom. The zero-order valence-electron chi connectivity index (χ0n) is 22.1. The largest absolute Gasteiger partial charge is 0.598 e. The van der Waals surface area contributed by atoms with E-state index in [1.54, 1.807) is 19.3 Å². The van der Waals surface area contributed by atoms with Gasteiger partial charge in [0.1, 0.15) is 10.6 Å². The first-order chi connectivity index (χ1) is 17.4. The molecule has 0 bridgehead atoms. The number of hydrogen-bond acceptors (Lipinski definition) is 6. The zero-order valence-corrected chi connectivity index (χ0v) is 23.7. The maximum atomic E-state index is 13.4. The van der Waals surface area contributed by atoms with Gasteiger partial charge in [-0.3, -0.25) is 9.59 Å². The van der Waals surface area contributed by atoms with E-state index in [0.717, 1.165) is 5.56 Å². The van der Waals surface area contributed by atoms with E-state index in [2.05, 4.69) is 15.0 Å². The lowest BCUT2D eigenvalue weighted by Crippen LogP contribution is -2.41. The van der Waals surface area contributed by atoms with Crippen LogP contribution in [0.25, 0.3) is 11.1 Å². The van der Waals surface area contributed by atoms with Crippen LogP contribution in [0.1, 0.15) is 60.8 Å². The summed E-state index contributed by atoms with van der Waals surface area (Å²) in [5.41, 5.74) is 3.54. The fraction of sp³-hybridized carbons (Fsp3) is 0.308. The van der Waals surface area contributed by atoms with Crippen molar-refractivity contribution in [1.82, 2.24) is 9.29 Å². The molecular formula is C26H33FN4O5S2. The quantitative estimate of drug-likeness (QED) is 0.308. The first-order valence-electron chi connectivity index (χ1n) is 11.5. The van der Waals surface area contributed by atoms with Gasteiger partial charge in [-0.1, -0.05) is 23.8 Å². The fourth-order valence-electron chi connectivity index (χ4n) is 3.46. The van der Waals surface area contributed by atoms with Crippen LogP contribution in [-0.4, -0.2) is 28.1 Å². The second kappa shape index (κ2) is 12.3. The minimum absolute atomic E-state index is 0.206. The van der Waals surface area contributed by atoms with Gasteiger partial charge >= 0.3 is 0 Å². The number of rotatable bonds is 6. The summed E-state index contributed by atoms with van der Waals surface area (Å²) in [5, 5.41) is 8.21. The Hall–Kier alpha value is -2.87. The van der Waals surface area contributed by atoms with Crippen molar-refractivity contribution in [2.24, 2.45) is 17.3 Å². The number of benzene rings is 2. The molecule has 5 N–H and O–H groups in total. The van der Waals surface area contributed by atoms with Gasteiger partial charge in [0.2, 0.25) is 0 Å². The molecule has 0 saturated carbocycles. The Bertz CT molecular complexity index is 1460. The molecule has 3 rings (SSSR count). The number of pyridine rings is 1. The number of nitrogens with zero attached hydrogens (tertiary/aromatic N) is 1. The molecule has 0 saturated heterocycles. The second-order valence-corrected chi connectivity index (χ2v) is 13.0. The molecule has 9 nitrogen and oxygen atoms in total. The smallest absolute Gasteiger partial charge is 0.271 e. The number of nitrogens with one attached hydrogen (secondary N) is 1. The van der Waals surface area contributed by atoms with Gasteiger partial charge in [0.05, 0.1) is 6.04 Å². The van der Waals surface area contributed by atoms with Crippen LogP contribution >= 0.6 is 0 Å². The first-order valence-corrected chi connectivity index (χ1v) is 14.2. The predicted molar refractivity (Wildman–Crippen MR) is 148 cm³/mol. The van der Waals surface area contributed by atoms with Crippen LogP contribution in [0.3, 0.4) is 0 Å². The SMILES string of the molecule is Cc1ccc(C(=O)c2ccc(F)cc2)c(-c2cn(C)c(=O)cc2[C@H](C)N[S+]([O-])C(C)(C)C)c1.NS(N)(=O)=O. The highest BCUT2D eigenvalue weighted by Gasteiger charge is 2.30. The molecule has 0 amide bonds. The molecule has 0 aliphatic rings. The van der Waals surface area contributed by atoms with Crippen molar-refractivity contribution < 1.29 is 22.2 Å². The predicted octanol–water partition coefficient (Wildman–Crippen LogP) is 2.99. The molecule has 3 aromatic rings. The molecular weight excluding hydrogens is 531 g/mol. The van der Waals surface area contributed by atoms with Crippen LogP contribution in [0.4, 0.5) is 4.39 Å². The first kappa shape index (κ1) is 31.3. The number of aryl methyl sites for hydroxylation is 2. The Kier molecular flexibility index (Phi) is 10.2. The van der Waals surface area contributed by atoms with Gasteiger partial charge in [0, 0.05) is 47.4 Å². The van der Waals surface area contributed by atoms with E-state index in [4.69, 9.17) is 0 Å². The normalized spacial score (nSPS) is 13.3. The summed E-state index contributed by atoms with van der Waals surface area (Å²) in [5.74, 6) is -0.661. The lowest BCUT2D eigenvalue weighted by atomic mass is 9.89. The Labute approximate surface area is 225 Å². The van der Waals surface area contributed by atoms with Gasteiger partial charge in [0.25, 0.3) is 15.8 Å². The van der Waals surface area contributed by atoms with Crippen molar-refractivity contribution in [3.63, 3.8) is 0 Å². The van der Waals surface area contributed by atoms with E-state index in [0.29, 0.717) is 27.8 Å². The van der Waals surface area contributed by atoms with E-state index in [-0.39, 0.29) is 11.3 Å². The number of nitrogens with two attached hydrogens (primary N) is 2. The summed E-state index contributed by atoms with van der Waals surface area (Å²) in [6.07, 6.45) is 1.70. The van der Waals surface area contributed by atoms with Gasteiger partial charge < -0.3 is 9.12 Å². The average molecular weight is 565 g/mol. The maximum Gasteiger partial charge on any atom is 0.271 e. The number of hydrogen-bond donors (Lipinski definition) is 3. The monoisotopic (exact) mass is 564 g/mol. The van der Waals surface area contributed by atoms with E-state index in [1.807, 2.05) is 46.8 Å². The number of carbonyl (C=O) groups excluding carboxylic acids is 1. The third-order valence-electron chi connectivity index (χ3n) is 5.38. The van der Waals surface area contributed by atoms with Crippen LogP contribution in [0.2, 0.25) is 0 Å². The fourth-order valence-corrected chi connectivity index (χ4v) is 4.27. The van der Waals surface area contributed by atoms with E-state index in [9.17, 15) is 27.0 Å². The molecule has 0 fully saturated rings. The van der Waals surface area contributed by atoms with Crippen molar-refractivity contribution in [1.29, 1.82) is 0 Å². The van der Waals surface area contributed by atoms with E-state index in [1.165, 1.54) is 34.9 Å². The summed E-state index contributed by atoms with van der Waals surface area (Å²) >= 11 is -1.36. The van der Waals surface area contributed by atoms with Gasteiger partial charge in [0.15, 0.2) is 5.78 Å². The van der Waals surface area contributed by atoms with Crippen LogP contribution in [0.5, 0.6) is 0 Å². The molecule has 1 heterocycles. The number of carbonyl (C=O) groups is 1. The Balaban J connectivity index is 0.000000926. The molecule has 1 aromatic heterocycles. The molecule has 0 radical (unpaired) electrons. The highest BCUT2D eigenvalue weighted by molar-refractivity contribution is 7.90. The van der Waals surface area contributed by atoms with Gasteiger partial charge in [-0.05, 0) is 70.0 Å². The molecule has 0 spiro atoms. The highest BCUT2D eigenvalue weighted by atomic mass is 32.2. The molecule has 38 heavy (non-hydrogen) atoms. The molecule has 1 unspecified atom stereocenters. The molecule has 2 atom stereocenters. The van der Waals surface area contributed by atoms with Crippen LogP contribution in [-0.2, 0) is 28.6 Å². The average Bonchev–Trinajstić information content (AvgIpc) is 2.78. The van der Waals surface area contributed by atoms with Gasteiger partial charge in [-0.2, -0.15) is 8.42 Å². The van der Waals surface area contributed by atoms with E-state index < -0.39 is 38.2 Å². The van der Waals surface area contributed by atoms with Crippen molar-refractivity contribution in [2.75, 3.05) is 0 Å². The second-order valence-electron chi connectivity index (χ2n) is 9.79.